The number of benzene rings is 1. The summed E-state index contributed by atoms with van der Waals surface area (Å²) in [6.45, 7) is 12.6. The van der Waals surface area contributed by atoms with Gasteiger partial charge in [0.2, 0.25) is 0 Å². The van der Waals surface area contributed by atoms with Crippen molar-refractivity contribution in [2.45, 2.75) is 60.3 Å². The summed E-state index contributed by atoms with van der Waals surface area (Å²) < 4.78 is 0. The molecule has 1 nitrogen and oxygen atoms in total. The molecule has 21 heavy (non-hydrogen) atoms. The van der Waals surface area contributed by atoms with Crippen molar-refractivity contribution < 1.29 is 0 Å². The van der Waals surface area contributed by atoms with Gasteiger partial charge in [-0.3, -0.25) is 0 Å². The second-order valence-corrected chi connectivity index (χ2v) is 8.21. The van der Waals surface area contributed by atoms with Crippen LogP contribution < -0.4 is 5.73 Å². The van der Waals surface area contributed by atoms with Crippen LogP contribution in [0.3, 0.4) is 0 Å². The fraction of sp³-hybridized carbons (Fsp3) is 0.700. The molecule has 1 aliphatic rings. The highest BCUT2D eigenvalue weighted by Crippen LogP contribution is 2.43. The molecule has 0 heterocycles. The van der Waals surface area contributed by atoms with Gasteiger partial charge in [0.15, 0.2) is 0 Å². The van der Waals surface area contributed by atoms with Gasteiger partial charge in [0.1, 0.15) is 0 Å². The van der Waals surface area contributed by atoms with Crippen LogP contribution >= 0.6 is 0 Å². The van der Waals surface area contributed by atoms with Gasteiger partial charge in [-0.1, -0.05) is 39.0 Å². The van der Waals surface area contributed by atoms with Gasteiger partial charge in [-0.05, 0) is 85.9 Å². The maximum atomic E-state index is 6.08. The predicted molar refractivity (Wildman–Crippen MR) is 92.5 cm³/mol. The molecule has 1 aliphatic carbocycles. The fourth-order valence-electron chi connectivity index (χ4n) is 4.11. The molecule has 2 rings (SSSR count). The topological polar surface area (TPSA) is 26.0 Å². The van der Waals surface area contributed by atoms with E-state index in [0.717, 1.165) is 18.4 Å². The van der Waals surface area contributed by atoms with Gasteiger partial charge in [0.05, 0.1) is 0 Å². The van der Waals surface area contributed by atoms with Gasteiger partial charge >= 0.3 is 0 Å². The third-order valence-corrected chi connectivity index (χ3v) is 5.78. The first kappa shape index (κ1) is 16.5. The standard InChI is InChI=1S/C20H33N/c1-14-7-6-8-15(2)19(14)12-17-11-18(20(3,4)5)10-9-16(17)13-21/h6-8,16-18H,9-13,21H2,1-5H3. The molecule has 1 aromatic rings. The van der Waals surface area contributed by atoms with Crippen molar-refractivity contribution >= 4 is 0 Å². The highest BCUT2D eigenvalue weighted by molar-refractivity contribution is 5.34. The largest absolute Gasteiger partial charge is 0.330 e. The van der Waals surface area contributed by atoms with Crippen molar-refractivity contribution in [2.24, 2.45) is 28.9 Å². The Balaban J connectivity index is 2.18. The zero-order valence-electron chi connectivity index (χ0n) is 14.6. The van der Waals surface area contributed by atoms with E-state index in [4.69, 9.17) is 5.73 Å². The summed E-state index contributed by atoms with van der Waals surface area (Å²) in [6.07, 6.45) is 5.23. The first-order chi connectivity index (χ1) is 9.82. The van der Waals surface area contributed by atoms with Crippen LogP contribution in [0.15, 0.2) is 18.2 Å². The Bertz CT molecular complexity index is 449. The Hall–Kier alpha value is -0.820. The number of aryl methyl sites for hydroxylation is 2. The van der Waals surface area contributed by atoms with E-state index in [9.17, 15) is 0 Å². The molecule has 0 radical (unpaired) electrons. The maximum absolute atomic E-state index is 6.08. The third kappa shape index (κ3) is 3.88. The average Bonchev–Trinajstić information content (AvgIpc) is 2.42. The summed E-state index contributed by atoms with van der Waals surface area (Å²) >= 11 is 0. The SMILES string of the molecule is Cc1cccc(C)c1CC1CC(C(C)(C)C)CCC1CN. The Morgan fingerprint density at radius 3 is 2.19 bits per heavy atom. The summed E-state index contributed by atoms with van der Waals surface area (Å²) in [4.78, 5) is 0. The van der Waals surface area contributed by atoms with Gasteiger partial charge in [-0.15, -0.1) is 0 Å². The minimum Gasteiger partial charge on any atom is -0.330 e. The first-order valence-corrected chi connectivity index (χ1v) is 8.58. The molecule has 3 atom stereocenters. The number of rotatable bonds is 3. The van der Waals surface area contributed by atoms with Gasteiger partial charge in [0, 0.05) is 0 Å². The monoisotopic (exact) mass is 287 g/mol. The highest BCUT2D eigenvalue weighted by atomic mass is 14.6. The van der Waals surface area contributed by atoms with Crippen LogP contribution in [0.4, 0.5) is 0 Å². The third-order valence-electron chi connectivity index (χ3n) is 5.78. The number of hydrogen-bond acceptors (Lipinski definition) is 1. The lowest BCUT2D eigenvalue weighted by molar-refractivity contribution is 0.101. The van der Waals surface area contributed by atoms with Crippen molar-refractivity contribution in [2.75, 3.05) is 6.54 Å². The molecule has 0 saturated heterocycles. The van der Waals surface area contributed by atoms with Crippen molar-refractivity contribution in [1.82, 2.24) is 0 Å². The highest BCUT2D eigenvalue weighted by Gasteiger charge is 2.35. The van der Waals surface area contributed by atoms with E-state index in [0.29, 0.717) is 11.3 Å². The van der Waals surface area contributed by atoms with Crippen LogP contribution in [-0.4, -0.2) is 6.54 Å². The zero-order chi connectivity index (χ0) is 15.6. The molecule has 2 N–H and O–H groups in total. The second-order valence-electron chi connectivity index (χ2n) is 8.21. The summed E-state index contributed by atoms with van der Waals surface area (Å²) in [7, 11) is 0. The lowest BCUT2D eigenvalue weighted by atomic mass is 9.64. The molecule has 0 bridgehead atoms. The van der Waals surface area contributed by atoms with E-state index in [-0.39, 0.29) is 0 Å². The Morgan fingerprint density at radius 1 is 1.05 bits per heavy atom. The van der Waals surface area contributed by atoms with Crippen molar-refractivity contribution in [1.29, 1.82) is 0 Å². The second kappa shape index (κ2) is 6.52. The predicted octanol–water partition coefficient (Wildman–Crippen LogP) is 4.88. The van der Waals surface area contributed by atoms with Crippen molar-refractivity contribution in [3.05, 3.63) is 34.9 Å². The van der Waals surface area contributed by atoms with E-state index in [2.05, 4.69) is 52.8 Å². The fourth-order valence-corrected chi connectivity index (χ4v) is 4.11. The van der Waals surface area contributed by atoms with Crippen LogP contribution in [0.25, 0.3) is 0 Å². The van der Waals surface area contributed by atoms with Crippen molar-refractivity contribution in [3.8, 4) is 0 Å². The zero-order valence-corrected chi connectivity index (χ0v) is 14.6. The van der Waals surface area contributed by atoms with Gasteiger partial charge in [-0.2, -0.15) is 0 Å². The Labute approximate surface area is 131 Å². The minimum atomic E-state index is 0.429. The van der Waals surface area contributed by atoms with E-state index in [1.54, 1.807) is 5.56 Å². The first-order valence-electron chi connectivity index (χ1n) is 8.58. The molecule has 0 aliphatic heterocycles. The van der Waals surface area contributed by atoms with Gasteiger partial charge < -0.3 is 5.73 Å². The molecule has 3 unspecified atom stereocenters. The van der Waals surface area contributed by atoms with Crippen LogP contribution in [0, 0.1) is 37.0 Å². The van der Waals surface area contributed by atoms with Crippen LogP contribution in [0.2, 0.25) is 0 Å². The molecule has 1 heteroatoms. The maximum Gasteiger partial charge on any atom is -0.00461 e. The molecule has 0 amide bonds. The smallest absolute Gasteiger partial charge is 0.00461 e. The van der Waals surface area contributed by atoms with Crippen molar-refractivity contribution in [3.63, 3.8) is 0 Å². The van der Waals surface area contributed by atoms with Gasteiger partial charge in [-0.25, -0.2) is 0 Å². The number of nitrogens with two attached hydrogens (primary N) is 1. The lowest BCUT2D eigenvalue weighted by Gasteiger charge is -2.42. The Kier molecular flexibility index (Phi) is 5.14. The summed E-state index contributed by atoms with van der Waals surface area (Å²) in [6, 6.07) is 6.68. The van der Waals surface area contributed by atoms with Crippen LogP contribution in [0.1, 0.15) is 56.7 Å². The van der Waals surface area contributed by atoms with E-state index in [1.807, 2.05) is 0 Å². The minimum absolute atomic E-state index is 0.429. The van der Waals surface area contributed by atoms with Crippen LogP contribution in [0.5, 0.6) is 0 Å². The molecule has 1 saturated carbocycles. The molecular formula is C20H33N. The normalized spacial score (nSPS) is 26.9. The quantitative estimate of drug-likeness (QED) is 0.842. The van der Waals surface area contributed by atoms with E-state index < -0.39 is 0 Å². The van der Waals surface area contributed by atoms with Gasteiger partial charge in [0.25, 0.3) is 0 Å². The lowest BCUT2D eigenvalue weighted by Crippen LogP contribution is -2.36. The average molecular weight is 287 g/mol. The molecule has 118 valence electrons. The molecular weight excluding hydrogens is 254 g/mol. The molecule has 0 spiro atoms. The Morgan fingerprint density at radius 2 is 1.67 bits per heavy atom. The van der Waals surface area contributed by atoms with E-state index in [1.165, 1.54) is 36.8 Å². The summed E-state index contributed by atoms with van der Waals surface area (Å²) in [5.74, 6) is 2.31. The van der Waals surface area contributed by atoms with E-state index >= 15 is 0 Å². The molecule has 1 aromatic carbocycles. The molecule has 0 aromatic heterocycles. The molecule has 1 fully saturated rings. The summed E-state index contributed by atoms with van der Waals surface area (Å²) in [5, 5.41) is 0. The summed E-state index contributed by atoms with van der Waals surface area (Å²) in [5.41, 5.74) is 11.0. The van der Waals surface area contributed by atoms with Crippen LogP contribution in [-0.2, 0) is 6.42 Å². The number of hydrogen-bond donors (Lipinski definition) is 1.